The molecule has 142 valence electrons. The van der Waals surface area contributed by atoms with E-state index in [2.05, 4.69) is 32.2 Å². The smallest absolute Gasteiger partial charge is 0.326 e. The number of halogens is 1. The Kier molecular flexibility index (Phi) is 5.80. The molecule has 0 aliphatic rings. The second kappa shape index (κ2) is 8.11. The molecule has 3 heterocycles. The Morgan fingerprint density at radius 2 is 1.86 bits per heavy atom. The molecular weight excluding hydrogens is 536 g/mol. The van der Waals surface area contributed by atoms with Gasteiger partial charge in [-0.2, -0.15) is 29.4 Å². The number of para-hydroxylation sites is 1. The predicted octanol–water partition coefficient (Wildman–Crippen LogP) is 3.79. The second-order valence-corrected chi connectivity index (χ2v) is 6.55. The van der Waals surface area contributed by atoms with Crippen molar-refractivity contribution < 1.29 is 25.5 Å². The SMILES string of the molecule is CC(C)(c1cccc(-c2[c-]ccnc2F)n1)c1ncn(-c2[c-]cccc2)n1.[Pt+2]. The largest absolute Gasteiger partial charge is 2.00 e. The van der Waals surface area contributed by atoms with Gasteiger partial charge < -0.3 is 9.97 Å². The van der Waals surface area contributed by atoms with E-state index in [-0.39, 0.29) is 26.6 Å². The minimum Gasteiger partial charge on any atom is -0.326 e. The molecule has 0 saturated carbocycles. The molecule has 0 unspecified atom stereocenters. The van der Waals surface area contributed by atoms with Crippen LogP contribution in [0.3, 0.4) is 0 Å². The van der Waals surface area contributed by atoms with Gasteiger partial charge in [-0.1, -0.05) is 23.9 Å². The van der Waals surface area contributed by atoms with E-state index in [1.54, 1.807) is 23.1 Å². The molecule has 0 atom stereocenters. The summed E-state index contributed by atoms with van der Waals surface area (Å²) in [6, 6.07) is 20.5. The zero-order valence-corrected chi connectivity index (χ0v) is 17.5. The standard InChI is InChI=1S/C21H16FN5.Pt/c1-21(2,20-24-14-27(26-20)15-8-4-3-5-9-15)18-12-6-11-17(25-18)16-10-7-13-23-19(16)22;/h3-8,11-14H,1-2H3;/q-2;+2. The normalized spacial score (nSPS) is 11.1. The van der Waals surface area contributed by atoms with Gasteiger partial charge in [-0.05, 0) is 31.3 Å². The summed E-state index contributed by atoms with van der Waals surface area (Å²) in [4.78, 5) is 12.8. The Morgan fingerprint density at radius 3 is 2.61 bits per heavy atom. The first-order valence-corrected chi connectivity index (χ1v) is 8.45. The van der Waals surface area contributed by atoms with Crippen molar-refractivity contribution in [2.24, 2.45) is 0 Å². The number of nitrogens with zero attached hydrogens (tertiary/aromatic N) is 5. The average molecular weight is 552 g/mol. The van der Waals surface area contributed by atoms with Crippen LogP contribution in [0.1, 0.15) is 25.4 Å². The fraction of sp³-hybridized carbons (Fsp3) is 0.143. The van der Waals surface area contributed by atoms with E-state index in [4.69, 9.17) is 0 Å². The molecule has 0 aliphatic carbocycles. The maximum atomic E-state index is 14.0. The molecule has 1 aromatic carbocycles. The first-order valence-electron chi connectivity index (χ1n) is 8.45. The van der Waals surface area contributed by atoms with Crippen LogP contribution < -0.4 is 0 Å². The molecule has 0 fully saturated rings. The van der Waals surface area contributed by atoms with Crippen LogP contribution in [0.4, 0.5) is 4.39 Å². The van der Waals surface area contributed by atoms with Gasteiger partial charge in [0, 0.05) is 5.69 Å². The number of hydrogen-bond acceptors (Lipinski definition) is 4. The maximum absolute atomic E-state index is 14.0. The summed E-state index contributed by atoms with van der Waals surface area (Å²) in [5.74, 6) is 0.0158. The topological polar surface area (TPSA) is 56.5 Å². The number of rotatable bonds is 4. The molecule has 0 bridgehead atoms. The van der Waals surface area contributed by atoms with Crippen LogP contribution in [-0.2, 0) is 26.5 Å². The van der Waals surface area contributed by atoms with Crippen LogP contribution in [0.2, 0.25) is 0 Å². The van der Waals surface area contributed by atoms with Crippen molar-refractivity contribution in [3.63, 3.8) is 0 Å². The Bertz CT molecular complexity index is 1080. The van der Waals surface area contributed by atoms with Gasteiger partial charge in [0.25, 0.3) is 0 Å². The van der Waals surface area contributed by atoms with E-state index < -0.39 is 11.4 Å². The molecule has 0 amide bonds. The zero-order chi connectivity index (χ0) is 18.9. The zero-order valence-electron chi connectivity index (χ0n) is 15.2. The van der Waals surface area contributed by atoms with E-state index >= 15 is 0 Å². The third-order valence-corrected chi connectivity index (χ3v) is 4.33. The van der Waals surface area contributed by atoms with Crippen LogP contribution in [0.25, 0.3) is 16.9 Å². The fourth-order valence-electron chi connectivity index (χ4n) is 2.76. The Morgan fingerprint density at radius 1 is 1.00 bits per heavy atom. The third kappa shape index (κ3) is 3.78. The van der Waals surface area contributed by atoms with Gasteiger partial charge in [-0.15, -0.1) is 18.2 Å². The molecule has 28 heavy (non-hydrogen) atoms. The van der Waals surface area contributed by atoms with Gasteiger partial charge in [-0.3, -0.25) is 0 Å². The molecule has 3 aromatic heterocycles. The van der Waals surface area contributed by atoms with Crippen molar-refractivity contribution in [1.82, 2.24) is 24.7 Å². The van der Waals surface area contributed by atoms with Crippen molar-refractivity contribution in [2.45, 2.75) is 19.3 Å². The van der Waals surface area contributed by atoms with Gasteiger partial charge in [-0.25, -0.2) is 14.1 Å². The summed E-state index contributed by atoms with van der Waals surface area (Å²) in [5, 5.41) is 4.59. The van der Waals surface area contributed by atoms with Crippen LogP contribution in [-0.4, -0.2) is 24.7 Å². The van der Waals surface area contributed by atoms with Gasteiger partial charge in [0.1, 0.15) is 12.3 Å². The van der Waals surface area contributed by atoms with E-state index in [0.717, 1.165) is 11.4 Å². The Labute approximate surface area is 177 Å². The van der Waals surface area contributed by atoms with Crippen molar-refractivity contribution >= 4 is 0 Å². The molecule has 5 nitrogen and oxygen atoms in total. The Balaban J connectivity index is 0.00000225. The van der Waals surface area contributed by atoms with E-state index in [1.165, 1.54) is 6.20 Å². The molecule has 4 rings (SSSR count). The molecular formula is C21H16FN5Pt. The molecule has 0 spiro atoms. The van der Waals surface area contributed by atoms with E-state index in [1.807, 2.05) is 50.2 Å². The van der Waals surface area contributed by atoms with Gasteiger partial charge in [0.15, 0.2) is 5.82 Å². The van der Waals surface area contributed by atoms with Crippen LogP contribution in [0.15, 0.2) is 61.1 Å². The molecule has 0 N–H and O–H groups in total. The van der Waals surface area contributed by atoms with Crippen LogP contribution in [0, 0.1) is 18.1 Å². The van der Waals surface area contributed by atoms with E-state index in [0.29, 0.717) is 11.5 Å². The van der Waals surface area contributed by atoms with Gasteiger partial charge >= 0.3 is 21.1 Å². The minimum atomic E-state index is -0.595. The molecule has 0 aliphatic heterocycles. The quantitative estimate of drug-likeness (QED) is 0.286. The minimum absolute atomic E-state index is 0. The van der Waals surface area contributed by atoms with Gasteiger partial charge in [0.05, 0.1) is 5.41 Å². The van der Waals surface area contributed by atoms with Crippen molar-refractivity contribution in [3.8, 4) is 16.9 Å². The summed E-state index contributed by atoms with van der Waals surface area (Å²) >= 11 is 0. The summed E-state index contributed by atoms with van der Waals surface area (Å²) in [5.41, 5.74) is 1.68. The van der Waals surface area contributed by atoms with Crippen molar-refractivity contribution in [2.75, 3.05) is 0 Å². The monoisotopic (exact) mass is 552 g/mol. The number of hydrogen-bond donors (Lipinski definition) is 0. The first kappa shape index (κ1) is 20.0. The molecule has 0 radical (unpaired) electrons. The number of pyridine rings is 2. The summed E-state index contributed by atoms with van der Waals surface area (Å²) in [6.45, 7) is 3.97. The van der Waals surface area contributed by atoms with Crippen LogP contribution in [0.5, 0.6) is 0 Å². The number of aromatic nitrogens is 5. The van der Waals surface area contributed by atoms with Crippen LogP contribution >= 0.6 is 0 Å². The summed E-state index contributed by atoms with van der Waals surface area (Å²) in [6.07, 6.45) is 3.02. The molecule has 0 saturated heterocycles. The van der Waals surface area contributed by atoms with Crippen molar-refractivity contribution in [1.29, 1.82) is 0 Å². The van der Waals surface area contributed by atoms with Crippen molar-refractivity contribution in [3.05, 3.63) is 90.7 Å². The predicted molar refractivity (Wildman–Crippen MR) is 98.6 cm³/mol. The first-order chi connectivity index (χ1) is 13.1. The molecule has 7 heteroatoms. The Hall–Kier alpha value is -2.72. The summed E-state index contributed by atoms with van der Waals surface area (Å²) < 4.78 is 15.7. The van der Waals surface area contributed by atoms with E-state index in [9.17, 15) is 4.39 Å². The molecule has 4 aromatic rings. The second-order valence-electron chi connectivity index (χ2n) is 6.55. The average Bonchev–Trinajstić information content (AvgIpc) is 3.20. The number of benzene rings is 1. The summed E-state index contributed by atoms with van der Waals surface area (Å²) in [7, 11) is 0. The fourth-order valence-corrected chi connectivity index (χ4v) is 2.76. The third-order valence-electron chi connectivity index (χ3n) is 4.33. The maximum Gasteiger partial charge on any atom is 2.00 e. The van der Waals surface area contributed by atoms with Gasteiger partial charge in [0.2, 0.25) is 0 Å².